The molecule has 1 aliphatic heterocycles. The van der Waals surface area contributed by atoms with Crippen molar-refractivity contribution in [2.45, 2.75) is 58.3 Å². The van der Waals surface area contributed by atoms with Crippen molar-refractivity contribution in [2.24, 2.45) is 10.9 Å². The Morgan fingerprint density at radius 1 is 1.35 bits per heavy atom. The second-order valence-electron chi connectivity index (χ2n) is 6.96. The molecule has 4 nitrogen and oxygen atoms in total. The van der Waals surface area contributed by atoms with E-state index in [1.165, 1.54) is 49.2 Å². The van der Waals surface area contributed by atoms with Crippen LogP contribution in [0.25, 0.3) is 0 Å². The molecule has 5 heteroatoms. The predicted molar refractivity (Wildman–Crippen MR) is 98.4 cm³/mol. The zero-order valence-corrected chi connectivity index (χ0v) is 15.4. The molecule has 0 aromatic carbocycles. The molecular weight excluding hydrogens is 304 g/mol. The summed E-state index contributed by atoms with van der Waals surface area (Å²) in [4.78, 5) is 13.3. The van der Waals surface area contributed by atoms with Crippen molar-refractivity contribution in [3.8, 4) is 0 Å². The Balaban J connectivity index is 1.42. The second-order valence-corrected chi connectivity index (χ2v) is 8.12. The van der Waals surface area contributed by atoms with Gasteiger partial charge in [-0.3, -0.25) is 4.99 Å². The molecule has 1 atom stereocenters. The average Bonchev–Trinajstić information content (AvgIpc) is 2.97. The summed E-state index contributed by atoms with van der Waals surface area (Å²) in [5, 5.41) is 4.88. The van der Waals surface area contributed by atoms with Gasteiger partial charge in [0, 0.05) is 38.0 Å². The first-order chi connectivity index (χ1) is 11.3. The fraction of sp³-hybridized carbons (Fsp3) is 0.778. The lowest BCUT2D eigenvalue weighted by Gasteiger charge is -2.33. The number of nitrogens with zero attached hydrogens (tertiary/aromatic N) is 3. The van der Waals surface area contributed by atoms with Gasteiger partial charge in [-0.1, -0.05) is 6.92 Å². The van der Waals surface area contributed by atoms with E-state index >= 15 is 0 Å². The minimum atomic E-state index is 0.781. The molecule has 1 aliphatic carbocycles. The van der Waals surface area contributed by atoms with Gasteiger partial charge in [0.1, 0.15) is 0 Å². The van der Waals surface area contributed by atoms with Crippen molar-refractivity contribution in [3.05, 3.63) is 15.6 Å². The van der Waals surface area contributed by atoms with Crippen LogP contribution >= 0.6 is 11.3 Å². The van der Waals surface area contributed by atoms with Crippen LogP contribution in [0.15, 0.2) is 4.99 Å². The number of aromatic nitrogens is 1. The molecule has 0 amide bonds. The molecule has 23 heavy (non-hydrogen) atoms. The van der Waals surface area contributed by atoms with Gasteiger partial charge in [-0.25, -0.2) is 4.98 Å². The normalized spacial score (nSPS) is 22.1. The molecular formula is C18H30N4S. The topological polar surface area (TPSA) is 40.5 Å². The van der Waals surface area contributed by atoms with E-state index in [1.54, 1.807) is 4.88 Å². The lowest BCUT2D eigenvalue weighted by atomic mass is 10.0. The predicted octanol–water partition coefficient (Wildman–Crippen LogP) is 3.26. The van der Waals surface area contributed by atoms with Crippen LogP contribution < -0.4 is 5.32 Å². The summed E-state index contributed by atoms with van der Waals surface area (Å²) in [6, 6.07) is 0. The van der Waals surface area contributed by atoms with Gasteiger partial charge in [0.15, 0.2) is 5.96 Å². The highest BCUT2D eigenvalue weighted by Gasteiger charge is 2.19. The first-order valence-electron chi connectivity index (χ1n) is 9.19. The Bertz CT molecular complexity index is 514. The summed E-state index contributed by atoms with van der Waals surface area (Å²) in [7, 11) is 1.90. The first kappa shape index (κ1) is 16.7. The molecule has 1 aromatic rings. The summed E-state index contributed by atoms with van der Waals surface area (Å²) >= 11 is 1.95. The number of hydrogen-bond donors (Lipinski definition) is 1. The molecule has 2 heterocycles. The van der Waals surface area contributed by atoms with Crippen molar-refractivity contribution in [2.75, 3.05) is 26.7 Å². The molecule has 0 saturated carbocycles. The zero-order chi connectivity index (χ0) is 16.1. The van der Waals surface area contributed by atoms with Crippen LogP contribution in [0.2, 0.25) is 0 Å². The fourth-order valence-corrected chi connectivity index (χ4v) is 4.86. The van der Waals surface area contributed by atoms with Crippen molar-refractivity contribution in [1.29, 1.82) is 0 Å². The number of likely N-dealkylation sites (tertiary alicyclic amines) is 1. The quantitative estimate of drug-likeness (QED) is 0.522. The Kier molecular flexibility index (Phi) is 5.92. The summed E-state index contributed by atoms with van der Waals surface area (Å²) in [5.41, 5.74) is 1.39. The van der Waals surface area contributed by atoms with Gasteiger partial charge < -0.3 is 10.2 Å². The Morgan fingerprint density at radius 3 is 3.00 bits per heavy atom. The summed E-state index contributed by atoms with van der Waals surface area (Å²) in [5.74, 6) is 1.86. The fourth-order valence-electron chi connectivity index (χ4n) is 3.67. The van der Waals surface area contributed by atoms with Crippen LogP contribution in [0.4, 0.5) is 0 Å². The number of nitrogens with one attached hydrogen (secondary N) is 1. The number of hydrogen-bond acceptors (Lipinski definition) is 3. The van der Waals surface area contributed by atoms with Crippen molar-refractivity contribution in [1.82, 2.24) is 15.2 Å². The van der Waals surface area contributed by atoms with Crippen LogP contribution in [0.1, 0.15) is 54.6 Å². The Labute approximate surface area is 144 Å². The van der Waals surface area contributed by atoms with E-state index in [0.29, 0.717) is 0 Å². The van der Waals surface area contributed by atoms with Gasteiger partial charge in [-0.05, 0) is 50.9 Å². The number of aliphatic imine (C=N–C) groups is 1. The summed E-state index contributed by atoms with van der Waals surface area (Å²) in [6.45, 7) is 5.60. The number of piperidine rings is 1. The van der Waals surface area contributed by atoms with E-state index < -0.39 is 0 Å². The molecule has 128 valence electrons. The number of thiazole rings is 1. The maximum Gasteiger partial charge on any atom is 0.193 e. The van der Waals surface area contributed by atoms with Gasteiger partial charge in [0.25, 0.3) is 0 Å². The molecule has 2 aliphatic rings. The van der Waals surface area contributed by atoms with Crippen LogP contribution in [-0.2, 0) is 19.3 Å². The molecule has 1 unspecified atom stereocenters. The molecule has 1 N–H and O–H groups in total. The lowest BCUT2D eigenvalue weighted by Crippen LogP contribution is -2.46. The van der Waals surface area contributed by atoms with E-state index in [1.807, 2.05) is 18.4 Å². The van der Waals surface area contributed by atoms with Gasteiger partial charge in [0.05, 0.1) is 10.7 Å². The van der Waals surface area contributed by atoms with Crippen LogP contribution in [0.3, 0.4) is 0 Å². The highest BCUT2D eigenvalue weighted by Crippen LogP contribution is 2.27. The number of fused-ring (bicyclic) bond motifs is 1. The molecule has 0 radical (unpaired) electrons. The third kappa shape index (κ3) is 4.46. The van der Waals surface area contributed by atoms with Crippen molar-refractivity contribution < 1.29 is 0 Å². The third-order valence-corrected chi connectivity index (χ3v) is 6.13. The van der Waals surface area contributed by atoms with E-state index in [0.717, 1.165) is 44.4 Å². The van der Waals surface area contributed by atoms with Crippen LogP contribution in [-0.4, -0.2) is 42.5 Å². The maximum absolute atomic E-state index is 4.84. The summed E-state index contributed by atoms with van der Waals surface area (Å²) < 4.78 is 0. The third-order valence-electron chi connectivity index (χ3n) is 4.91. The zero-order valence-electron chi connectivity index (χ0n) is 14.6. The molecule has 1 fully saturated rings. The number of guanidine groups is 1. The number of rotatable bonds is 4. The SMILES string of the molecule is CN=C(NCCCc1nc2c(s1)CCCC2)N1CCCC(C)C1. The van der Waals surface area contributed by atoms with Gasteiger partial charge in [0.2, 0.25) is 0 Å². The largest absolute Gasteiger partial charge is 0.356 e. The highest BCUT2D eigenvalue weighted by atomic mass is 32.1. The Hall–Kier alpha value is -1.10. The van der Waals surface area contributed by atoms with Crippen LogP contribution in [0.5, 0.6) is 0 Å². The van der Waals surface area contributed by atoms with E-state index in [9.17, 15) is 0 Å². The Morgan fingerprint density at radius 2 is 2.22 bits per heavy atom. The molecule has 0 bridgehead atoms. The maximum atomic E-state index is 4.84. The molecule has 3 rings (SSSR count). The molecule has 1 aromatic heterocycles. The van der Waals surface area contributed by atoms with Crippen LogP contribution in [0, 0.1) is 5.92 Å². The number of aryl methyl sites for hydroxylation is 3. The van der Waals surface area contributed by atoms with Gasteiger partial charge >= 0.3 is 0 Å². The smallest absolute Gasteiger partial charge is 0.193 e. The van der Waals surface area contributed by atoms with Crippen molar-refractivity contribution in [3.63, 3.8) is 0 Å². The monoisotopic (exact) mass is 334 g/mol. The van der Waals surface area contributed by atoms with E-state index in [-0.39, 0.29) is 0 Å². The molecule has 0 spiro atoms. The van der Waals surface area contributed by atoms with Gasteiger partial charge in [-0.15, -0.1) is 11.3 Å². The minimum Gasteiger partial charge on any atom is -0.356 e. The minimum absolute atomic E-state index is 0.781. The standard InChI is InChI=1S/C18H30N4S/c1-14-7-6-12-22(13-14)18(19-2)20-11-5-10-17-21-15-8-3-4-9-16(15)23-17/h14H,3-13H2,1-2H3,(H,19,20). The first-order valence-corrected chi connectivity index (χ1v) is 10.0. The van der Waals surface area contributed by atoms with Gasteiger partial charge in [-0.2, -0.15) is 0 Å². The summed E-state index contributed by atoms with van der Waals surface area (Å²) in [6.07, 6.45) is 9.99. The molecule has 1 saturated heterocycles. The van der Waals surface area contributed by atoms with Crippen molar-refractivity contribution >= 4 is 17.3 Å². The second kappa shape index (κ2) is 8.13. The van der Waals surface area contributed by atoms with E-state index in [2.05, 4.69) is 22.1 Å². The lowest BCUT2D eigenvalue weighted by molar-refractivity contribution is 0.266. The average molecular weight is 335 g/mol. The van der Waals surface area contributed by atoms with E-state index in [4.69, 9.17) is 4.98 Å². The highest BCUT2D eigenvalue weighted by molar-refractivity contribution is 7.11.